The normalized spacial score (nSPS) is 22.6. The van der Waals surface area contributed by atoms with Crippen LogP contribution in [0.25, 0.3) is 0 Å². The van der Waals surface area contributed by atoms with Crippen molar-refractivity contribution >= 4 is 23.9 Å². The summed E-state index contributed by atoms with van der Waals surface area (Å²) < 4.78 is 4.96. The average molecular weight is 402 g/mol. The summed E-state index contributed by atoms with van der Waals surface area (Å²) >= 11 is 0. The minimum absolute atomic E-state index is 0.237. The Hall–Kier alpha value is -2.24. The third kappa shape index (κ3) is 5.87. The van der Waals surface area contributed by atoms with E-state index in [0.29, 0.717) is 19.2 Å². The molecule has 6 nitrogen and oxygen atoms in total. The molecule has 6 heteroatoms. The van der Waals surface area contributed by atoms with Crippen molar-refractivity contribution in [2.24, 2.45) is 5.92 Å². The van der Waals surface area contributed by atoms with Crippen LogP contribution in [0.5, 0.6) is 0 Å². The summed E-state index contributed by atoms with van der Waals surface area (Å²) in [6.07, 6.45) is 9.64. The lowest BCUT2D eigenvalue weighted by atomic mass is 9.95. The molecule has 2 aliphatic heterocycles. The van der Waals surface area contributed by atoms with Crippen LogP contribution in [0.4, 0.5) is 16.2 Å². The Morgan fingerprint density at radius 3 is 2.28 bits per heavy atom. The average Bonchev–Trinajstić information content (AvgIpc) is 3.20. The van der Waals surface area contributed by atoms with Crippen molar-refractivity contribution in [3.8, 4) is 0 Å². The molecule has 1 atom stereocenters. The van der Waals surface area contributed by atoms with Crippen LogP contribution in [0.15, 0.2) is 24.3 Å². The Balaban J connectivity index is 0.000000204. The summed E-state index contributed by atoms with van der Waals surface area (Å²) in [6, 6.07) is 8.78. The first-order valence-electron chi connectivity index (χ1n) is 11.0. The zero-order valence-corrected chi connectivity index (χ0v) is 17.9. The van der Waals surface area contributed by atoms with Crippen LogP contribution in [0.3, 0.4) is 0 Å². The second kappa shape index (κ2) is 10.5. The maximum absolute atomic E-state index is 11.5. The van der Waals surface area contributed by atoms with E-state index in [1.54, 1.807) is 9.80 Å². The number of anilines is 2. The number of carbonyl (C=O) groups excluding carboxylic acids is 2. The van der Waals surface area contributed by atoms with E-state index in [0.717, 1.165) is 31.1 Å². The number of hydrogen-bond donors (Lipinski definition) is 0. The molecule has 2 heterocycles. The van der Waals surface area contributed by atoms with Gasteiger partial charge in [0.05, 0.1) is 6.54 Å². The van der Waals surface area contributed by atoms with Crippen molar-refractivity contribution in [1.82, 2.24) is 4.90 Å². The fraction of sp³-hybridized carbons (Fsp3) is 0.652. The Kier molecular flexibility index (Phi) is 7.78. The number of carbonyl (C=O) groups is 2. The maximum atomic E-state index is 11.5. The first-order chi connectivity index (χ1) is 14.1. The molecule has 2 amide bonds. The van der Waals surface area contributed by atoms with Crippen LogP contribution in [0.1, 0.15) is 51.9 Å². The smallest absolute Gasteiger partial charge is 0.414 e. The quantitative estimate of drug-likeness (QED) is 0.707. The molecule has 0 radical (unpaired) electrons. The molecule has 1 unspecified atom stereocenters. The van der Waals surface area contributed by atoms with E-state index in [1.807, 2.05) is 19.2 Å². The number of piperidine rings is 1. The number of amides is 2. The SMILES string of the molecule is CC1CCCN(c2ccc(N3CCOC3=O)cc2)C1.CN(C=O)C1CCCCC1. The largest absolute Gasteiger partial charge is 0.447 e. The van der Waals surface area contributed by atoms with Gasteiger partial charge in [0.1, 0.15) is 6.61 Å². The zero-order chi connectivity index (χ0) is 20.6. The van der Waals surface area contributed by atoms with E-state index in [-0.39, 0.29) is 6.09 Å². The molecule has 1 saturated carbocycles. The molecule has 1 aromatic rings. The van der Waals surface area contributed by atoms with Crippen LogP contribution < -0.4 is 9.80 Å². The highest BCUT2D eigenvalue weighted by atomic mass is 16.6. The third-order valence-corrected chi connectivity index (χ3v) is 6.26. The number of hydrogen-bond acceptors (Lipinski definition) is 4. The molecule has 4 rings (SSSR count). The van der Waals surface area contributed by atoms with E-state index < -0.39 is 0 Å². The fourth-order valence-corrected chi connectivity index (χ4v) is 4.47. The van der Waals surface area contributed by atoms with Gasteiger partial charge in [-0.1, -0.05) is 26.2 Å². The van der Waals surface area contributed by atoms with Crippen molar-refractivity contribution in [2.75, 3.05) is 43.1 Å². The number of nitrogens with zero attached hydrogens (tertiary/aromatic N) is 3. The van der Waals surface area contributed by atoms with Crippen LogP contribution in [0, 0.1) is 5.92 Å². The summed E-state index contributed by atoms with van der Waals surface area (Å²) in [5.41, 5.74) is 2.18. The standard InChI is InChI=1S/C15H20N2O2.C8H15NO/c1-12-3-2-8-16(11-12)13-4-6-14(7-5-13)17-9-10-19-15(17)18;1-9(7-10)8-5-3-2-4-6-8/h4-7,12H,2-3,8-11H2,1H3;7-8H,2-6H2,1H3. The Morgan fingerprint density at radius 2 is 1.69 bits per heavy atom. The number of rotatable bonds is 4. The fourth-order valence-electron chi connectivity index (χ4n) is 4.47. The molecule has 29 heavy (non-hydrogen) atoms. The van der Waals surface area contributed by atoms with Gasteiger partial charge in [0.2, 0.25) is 6.41 Å². The molecule has 0 aromatic heterocycles. The Labute approximate surface area is 174 Å². The summed E-state index contributed by atoms with van der Waals surface area (Å²) in [7, 11) is 1.88. The van der Waals surface area contributed by atoms with Crippen molar-refractivity contribution < 1.29 is 14.3 Å². The molecule has 2 saturated heterocycles. The molecule has 0 N–H and O–H groups in total. The van der Waals surface area contributed by atoms with Gasteiger partial charge in [-0.05, 0) is 55.9 Å². The minimum Gasteiger partial charge on any atom is -0.447 e. The Morgan fingerprint density at radius 1 is 1.00 bits per heavy atom. The number of cyclic esters (lactones) is 1. The predicted octanol–water partition coefficient (Wildman–Crippen LogP) is 4.29. The van der Waals surface area contributed by atoms with Gasteiger partial charge in [0.25, 0.3) is 0 Å². The van der Waals surface area contributed by atoms with E-state index in [9.17, 15) is 9.59 Å². The summed E-state index contributed by atoms with van der Waals surface area (Å²) in [6.45, 7) is 5.71. The first kappa shape index (κ1) is 21.5. The van der Waals surface area contributed by atoms with Crippen LogP contribution >= 0.6 is 0 Å². The molecular weight excluding hydrogens is 366 g/mol. The monoisotopic (exact) mass is 401 g/mol. The summed E-state index contributed by atoms with van der Waals surface area (Å²) in [5, 5.41) is 0. The highest BCUT2D eigenvalue weighted by Crippen LogP contribution is 2.26. The minimum atomic E-state index is -0.237. The lowest BCUT2D eigenvalue weighted by Gasteiger charge is -2.33. The van der Waals surface area contributed by atoms with Crippen LogP contribution in [-0.4, -0.2) is 56.7 Å². The van der Waals surface area contributed by atoms with Gasteiger partial charge >= 0.3 is 6.09 Å². The van der Waals surface area contributed by atoms with E-state index in [4.69, 9.17) is 4.74 Å². The summed E-state index contributed by atoms with van der Waals surface area (Å²) in [5.74, 6) is 0.766. The molecule has 160 valence electrons. The topological polar surface area (TPSA) is 53.1 Å². The molecule has 1 aliphatic carbocycles. The van der Waals surface area contributed by atoms with Gasteiger partial charge in [-0.25, -0.2) is 4.79 Å². The molecule has 0 bridgehead atoms. The maximum Gasteiger partial charge on any atom is 0.414 e. The van der Waals surface area contributed by atoms with E-state index >= 15 is 0 Å². The number of benzene rings is 1. The lowest BCUT2D eigenvalue weighted by molar-refractivity contribution is -0.119. The van der Waals surface area contributed by atoms with E-state index in [1.165, 1.54) is 50.6 Å². The second-order valence-electron chi connectivity index (χ2n) is 8.54. The van der Waals surface area contributed by atoms with Gasteiger partial charge in [0.15, 0.2) is 0 Å². The molecule has 1 aromatic carbocycles. The highest BCUT2D eigenvalue weighted by Gasteiger charge is 2.24. The molecule has 3 fully saturated rings. The van der Waals surface area contributed by atoms with Crippen molar-refractivity contribution in [3.05, 3.63) is 24.3 Å². The third-order valence-electron chi connectivity index (χ3n) is 6.26. The zero-order valence-electron chi connectivity index (χ0n) is 17.9. The predicted molar refractivity (Wildman–Crippen MR) is 116 cm³/mol. The number of ether oxygens (including phenoxy) is 1. The van der Waals surface area contributed by atoms with Gasteiger partial charge < -0.3 is 14.5 Å². The van der Waals surface area contributed by atoms with Gasteiger partial charge in [-0.2, -0.15) is 0 Å². The van der Waals surface area contributed by atoms with Gasteiger partial charge in [0, 0.05) is 37.6 Å². The van der Waals surface area contributed by atoms with E-state index in [2.05, 4.69) is 24.0 Å². The lowest BCUT2D eigenvalue weighted by Crippen LogP contribution is -2.34. The van der Waals surface area contributed by atoms with Gasteiger partial charge in [-0.3, -0.25) is 9.69 Å². The molecule has 3 aliphatic rings. The molecule has 0 spiro atoms. The highest BCUT2D eigenvalue weighted by molar-refractivity contribution is 5.89. The van der Waals surface area contributed by atoms with Gasteiger partial charge in [-0.15, -0.1) is 0 Å². The second-order valence-corrected chi connectivity index (χ2v) is 8.54. The van der Waals surface area contributed by atoms with Crippen molar-refractivity contribution in [2.45, 2.75) is 57.9 Å². The molecular formula is C23H35N3O3. The first-order valence-corrected chi connectivity index (χ1v) is 11.0. The van der Waals surface area contributed by atoms with Crippen LogP contribution in [0.2, 0.25) is 0 Å². The van der Waals surface area contributed by atoms with Crippen molar-refractivity contribution in [3.63, 3.8) is 0 Å². The summed E-state index contributed by atoms with van der Waals surface area (Å²) in [4.78, 5) is 27.7. The van der Waals surface area contributed by atoms with Crippen molar-refractivity contribution in [1.29, 1.82) is 0 Å². The van der Waals surface area contributed by atoms with Crippen LogP contribution in [-0.2, 0) is 9.53 Å². The Bertz CT molecular complexity index is 658.